The Hall–Kier alpha value is -0.720. The molecule has 0 aromatic carbocycles. The summed E-state index contributed by atoms with van der Waals surface area (Å²) in [7, 11) is 0. The first-order valence-electron chi connectivity index (χ1n) is 3.45. The van der Waals surface area contributed by atoms with Crippen LogP contribution in [-0.2, 0) is 4.74 Å². The molecule has 2 aliphatic rings. The van der Waals surface area contributed by atoms with Crippen LogP contribution in [0.1, 0.15) is 19.3 Å². The van der Waals surface area contributed by atoms with Gasteiger partial charge in [-0.25, -0.2) is 0 Å². The summed E-state index contributed by atoms with van der Waals surface area (Å²) in [5.41, 5.74) is 0. The topological polar surface area (TPSA) is 12.5 Å². The molecule has 0 amide bonds. The zero-order valence-electron chi connectivity index (χ0n) is 5.39. The van der Waals surface area contributed by atoms with Gasteiger partial charge in [0.1, 0.15) is 11.5 Å². The van der Waals surface area contributed by atoms with Crippen LogP contribution in [0.25, 0.3) is 0 Å². The summed E-state index contributed by atoms with van der Waals surface area (Å²) < 4.78 is 5.24. The van der Waals surface area contributed by atoms with Gasteiger partial charge in [0.15, 0.2) is 0 Å². The minimum Gasteiger partial charge on any atom is -0.458 e. The molecule has 1 aliphatic carbocycles. The van der Waals surface area contributed by atoms with Crippen LogP contribution in [0, 0.1) is 5.92 Å². The molecule has 0 bridgehead atoms. The third-order valence-corrected chi connectivity index (χ3v) is 2.01. The monoisotopic (exact) mass is 122 g/mol. The normalized spacial score (nSPS) is 30.9. The first-order valence-corrected chi connectivity index (χ1v) is 3.45. The minimum atomic E-state index is 0.550. The summed E-state index contributed by atoms with van der Waals surface area (Å²) in [6.07, 6.45) is 5.67. The van der Waals surface area contributed by atoms with Crippen molar-refractivity contribution in [2.24, 2.45) is 5.92 Å². The smallest absolute Gasteiger partial charge is 0.149 e. The molecule has 1 atom stereocenters. The van der Waals surface area contributed by atoms with Crippen LogP contribution in [-0.4, -0.2) is 0 Å². The van der Waals surface area contributed by atoms with Gasteiger partial charge in [0, 0.05) is 12.3 Å². The summed E-state index contributed by atoms with van der Waals surface area (Å²) >= 11 is 0. The van der Waals surface area contributed by atoms with E-state index in [0.717, 1.165) is 0 Å². The lowest BCUT2D eigenvalue weighted by atomic mass is 9.96. The summed E-state index contributed by atoms with van der Waals surface area (Å²) in [5, 5.41) is 0. The molecule has 2 rings (SSSR count). The lowest BCUT2D eigenvalue weighted by Crippen LogP contribution is -1.95. The summed E-state index contributed by atoms with van der Waals surface area (Å²) in [5.74, 6) is 3.01. The minimum absolute atomic E-state index is 0.550. The molecule has 0 saturated carbocycles. The molecule has 48 valence electrons. The predicted molar refractivity (Wildman–Crippen MR) is 35.6 cm³/mol. The zero-order valence-corrected chi connectivity index (χ0v) is 5.39. The molecule has 1 heterocycles. The van der Waals surface area contributed by atoms with Crippen LogP contribution < -0.4 is 0 Å². The van der Waals surface area contributed by atoms with Crippen molar-refractivity contribution in [2.45, 2.75) is 19.3 Å². The van der Waals surface area contributed by atoms with Crippen molar-refractivity contribution in [1.29, 1.82) is 0 Å². The summed E-state index contributed by atoms with van der Waals surface area (Å²) in [6, 6.07) is 0. The Morgan fingerprint density at radius 3 is 3.22 bits per heavy atom. The van der Waals surface area contributed by atoms with E-state index in [1.54, 1.807) is 0 Å². The van der Waals surface area contributed by atoms with Gasteiger partial charge in [0.2, 0.25) is 0 Å². The first-order chi connectivity index (χ1) is 4.42. The van der Waals surface area contributed by atoms with Crippen LogP contribution in [0.15, 0.2) is 24.2 Å². The van der Waals surface area contributed by atoms with Gasteiger partial charge in [0.25, 0.3) is 0 Å². The van der Waals surface area contributed by atoms with Gasteiger partial charge in [-0.1, -0.05) is 6.08 Å². The second kappa shape index (κ2) is 1.63. The highest BCUT2D eigenvalue weighted by molar-refractivity contribution is 5.26. The molecule has 0 saturated heterocycles. The average Bonchev–Trinajstić information content (AvgIpc) is 2.64. The Balaban J connectivity index is 2.16. The molecular weight excluding hydrogens is 112 g/mol. The van der Waals surface area contributed by atoms with Crippen molar-refractivity contribution >= 4 is 0 Å². The second-order valence-electron chi connectivity index (χ2n) is 2.62. The maximum atomic E-state index is 5.24. The van der Waals surface area contributed by atoms with E-state index in [2.05, 4.69) is 6.58 Å². The largest absolute Gasteiger partial charge is 0.458 e. The van der Waals surface area contributed by atoms with Gasteiger partial charge in [-0.05, 0) is 12.8 Å². The fourth-order valence-electron chi connectivity index (χ4n) is 1.40. The van der Waals surface area contributed by atoms with E-state index in [9.17, 15) is 0 Å². The number of rotatable bonds is 1. The van der Waals surface area contributed by atoms with Gasteiger partial charge in [-0.15, -0.1) is 6.58 Å². The summed E-state index contributed by atoms with van der Waals surface area (Å²) in [4.78, 5) is 0. The Morgan fingerprint density at radius 2 is 2.56 bits per heavy atom. The highest BCUT2D eigenvalue weighted by Crippen LogP contribution is 2.43. The Bertz CT molecular complexity index is 179. The SMILES string of the molecule is C=CC1CCCC2=C1O2. The van der Waals surface area contributed by atoms with Crippen molar-refractivity contribution in [3.8, 4) is 0 Å². The molecule has 1 nitrogen and oxygen atoms in total. The number of hydrogen-bond acceptors (Lipinski definition) is 1. The van der Waals surface area contributed by atoms with Gasteiger partial charge in [-0.3, -0.25) is 0 Å². The van der Waals surface area contributed by atoms with Crippen LogP contribution >= 0.6 is 0 Å². The van der Waals surface area contributed by atoms with E-state index in [1.807, 2.05) is 6.08 Å². The van der Waals surface area contributed by atoms with Gasteiger partial charge in [0.05, 0.1) is 0 Å². The van der Waals surface area contributed by atoms with Gasteiger partial charge < -0.3 is 4.74 Å². The van der Waals surface area contributed by atoms with Crippen molar-refractivity contribution < 1.29 is 4.74 Å². The lowest BCUT2D eigenvalue weighted by molar-refractivity contribution is 0.438. The second-order valence-corrected chi connectivity index (χ2v) is 2.62. The first kappa shape index (κ1) is 5.10. The molecule has 1 aliphatic heterocycles. The van der Waals surface area contributed by atoms with Crippen molar-refractivity contribution in [2.75, 3.05) is 0 Å². The summed E-state index contributed by atoms with van der Waals surface area (Å²) in [6.45, 7) is 3.75. The molecular formula is C8H10O. The Labute approximate surface area is 55.0 Å². The molecule has 9 heavy (non-hydrogen) atoms. The molecule has 0 fully saturated rings. The number of ether oxygens (including phenoxy) is 1. The average molecular weight is 122 g/mol. The zero-order chi connectivity index (χ0) is 6.27. The van der Waals surface area contributed by atoms with Crippen LogP contribution in [0.4, 0.5) is 0 Å². The molecule has 1 unspecified atom stereocenters. The fraction of sp³-hybridized carbons (Fsp3) is 0.500. The maximum absolute atomic E-state index is 5.24. The van der Waals surface area contributed by atoms with E-state index < -0.39 is 0 Å². The number of allylic oxidation sites excluding steroid dienone is 2. The number of hydrogen-bond donors (Lipinski definition) is 0. The molecule has 0 aromatic rings. The van der Waals surface area contributed by atoms with Crippen LogP contribution in [0.2, 0.25) is 0 Å². The van der Waals surface area contributed by atoms with Crippen molar-refractivity contribution in [1.82, 2.24) is 0 Å². The van der Waals surface area contributed by atoms with E-state index >= 15 is 0 Å². The van der Waals surface area contributed by atoms with E-state index in [0.29, 0.717) is 5.92 Å². The molecule has 0 spiro atoms. The highest BCUT2D eigenvalue weighted by Gasteiger charge is 2.34. The van der Waals surface area contributed by atoms with Crippen molar-refractivity contribution in [3.05, 3.63) is 24.2 Å². The standard InChI is InChI=1S/C8H10O/c1-2-6-4-3-5-7-8(6)9-7/h2,6H,1,3-5H2. The lowest BCUT2D eigenvalue weighted by Gasteiger charge is -2.04. The van der Waals surface area contributed by atoms with Gasteiger partial charge in [-0.2, -0.15) is 0 Å². The Kier molecular flexibility index (Phi) is 0.922. The van der Waals surface area contributed by atoms with E-state index in [1.165, 1.54) is 30.8 Å². The molecule has 0 aromatic heterocycles. The molecule has 1 heteroatoms. The maximum Gasteiger partial charge on any atom is 0.149 e. The highest BCUT2D eigenvalue weighted by atomic mass is 16.6. The van der Waals surface area contributed by atoms with Gasteiger partial charge >= 0.3 is 0 Å². The molecule has 0 radical (unpaired) electrons. The predicted octanol–water partition coefficient (Wildman–Crippen LogP) is 2.21. The fourth-order valence-corrected chi connectivity index (χ4v) is 1.40. The van der Waals surface area contributed by atoms with Crippen molar-refractivity contribution in [3.63, 3.8) is 0 Å². The van der Waals surface area contributed by atoms with Crippen LogP contribution in [0.3, 0.4) is 0 Å². The third-order valence-electron chi connectivity index (χ3n) is 2.01. The van der Waals surface area contributed by atoms with E-state index in [-0.39, 0.29) is 0 Å². The third kappa shape index (κ3) is 0.680. The van der Waals surface area contributed by atoms with Crippen LogP contribution in [0.5, 0.6) is 0 Å². The molecule has 0 N–H and O–H groups in total. The Morgan fingerprint density at radius 1 is 1.67 bits per heavy atom. The van der Waals surface area contributed by atoms with E-state index in [4.69, 9.17) is 4.74 Å². The quantitative estimate of drug-likeness (QED) is 0.486.